The highest BCUT2D eigenvalue weighted by Crippen LogP contribution is 2.69. The van der Waals surface area contributed by atoms with Crippen LogP contribution < -0.4 is 5.32 Å². The average Bonchev–Trinajstić information content (AvgIpc) is 2.40. The fourth-order valence-corrected chi connectivity index (χ4v) is 3.77. The Morgan fingerprint density at radius 1 is 1.09 bits per heavy atom. The second kappa shape index (κ2) is 9.83. The molecule has 11 nitrogen and oxygen atoms in total. The molecule has 0 aliphatic heterocycles. The molecule has 138 valence electrons. The maximum atomic E-state index is 11.4. The molecule has 0 aliphatic carbocycles. The Hall–Kier alpha value is -0.350. The van der Waals surface area contributed by atoms with Crippen molar-refractivity contribution in [1.29, 1.82) is 0 Å². The first kappa shape index (κ1) is 22.6. The maximum Gasteiger partial charge on any atom is 0.369 e. The van der Waals surface area contributed by atoms with Gasteiger partial charge in [0.25, 0.3) is 5.08 Å². The number of nitrogens with one attached hydrogen (secondary N) is 1. The lowest BCUT2D eigenvalue weighted by Crippen LogP contribution is -2.31. The first-order valence-electron chi connectivity index (χ1n) is 6.63. The Balaban J connectivity index is 4.16. The molecule has 0 atom stereocenters. The summed E-state index contributed by atoms with van der Waals surface area (Å²) in [7, 11) is -9.40. The molecule has 0 aromatic rings. The second-order valence-corrected chi connectivity index (χ2v) is 8.68. The minimum atomic E-state index is -5.45. The van der Waals surface area contributed by atoms with E-state index >= 15 is 0 Å². The van der Waals surface area contributed by atoms with Gasteiger partial charge in [0.15, 0.2) is 0 Å². The van der Waals surface area contributed by atoms with E-state index in [1.165, 1.54) is 7.11 Å². The predicted octanol–water partition coefficient (Wildman–Crippen LogP) is -1.06. The lowest BCUT2D eigenvalue weighted by atomic mass is 10.3. The van der Waals surface area contributed by atoms with Gasteiger partial charge in [-0.2, -0.15) is 0 Å². The van der Waals surface area contributed by atoms with Crippen LogP contribution >= 0.6 is 15.2 Å². The number of hydrogen-bond donors (Lipinski definition) is 6. The van der Waals surface area contributed by atoms with Crippen molar-refractivity contribution in [2.45, 2.75) is 24.3 Å². The van der Waals surface area contributed by atoms with Gasteiger partial charge in [0, 0.05) is 26.5 Å². The summed E-state index contributed by atoms with van der Waals surface area (Å²) in [5, 5.41) is 8.53. The van der Waals surface area contributed by atoms with Crippen LogP contribution in [0.5, 0.6) is 0 Å². The molecule has 0 fully saturated rings. The van der Waals surface area contributed by atoms with Crippen molar-refractivity contribution < 1.29 is 48.1 Å². The first-order valence-corrected chi connectivity index (χ1v) is 9.85. The monoisotopic (exact) mass is 379 g/mol. The van der Waals surface area contributed by atoms with Crippen molar-refractivity contribution in [2.75, 3.05) is 33.5 Å². The third kappa shape index (κ3) is 7.84. The number of methoxy groups -OCH3 is 1. The van der Waals surface area contributed by atoms with Gasteiger partial charge in [-0.1, -0.05) is 0 Å². The largest absolute Gasteiger partial charge is 0.382 e. The summed E-state index contributed by atoms with van der Waals surface area (Å²) in [6.45, 7) is 0.773. The number of aliphatic hydroxyl groups is 1. The van der Waals surface area contributed by atoms with Crippen LogP contribution in [0.1, 0.15) is 19.3 Å². The van der Waals surface area contributed by atoms with Crippen LogP contribution in [0.25, 0.3) is 0 Å². The highest BCUT2D eigenvalue weighted by Gasteiger charge is 2.58. The van der Waals surface area contributed by atoms with E-state index in [1.807, 2.05) is 0 Å². The minimum Gasteiger partial charge on any atom is -0.382 e. The van der Waals surface area contributed by atoms with Crippen molar-refractivity contribution in [3.8, 4) is 0 Å². The highest BCUT2D eigenvalue weighted by molar-refractivity contribution is 7.72. The minimum absolute atomic E-state index is 0.0466. The van der Waals surface area contributed by atoms with Crippen LogP contribution in [0.2, 0.25) is 0 Å². The third-order valence-corrected chi connectivity index (χ3v) is 6.73. The topological polar surface area (TPSA) is 183 Å². The molecule has 13 heteroatoms. The zero-order chi connectivity index (χ0) is 18.1. The van der Waals surface area contributed by atoms with E-state index in [0.29, 0.717) is 13.2 Å². The van der Waals surface area contributed by atoms with Crippen LogP contribution in [0.4, 0.5) is 0 Å². The summed E-state index contributed by atoms with van der Waals surface area (Å²) < 4.78 is 32.0. The molecule has 0 rings (SSSR count). The smallest absolute Gasteiger partial charge is 0.369 e. The molecule has 0 spiro atoms. The molecule has 0 aromatic heterocycles. The first-order chi connectivity index (χ1) is 10.5. The zero-order valence-electron chi connectivity index (χ0n) is 12.6. The van der Waals surface area contributed by atoms with Gasteiger partial charge in [0.05, 0.1) is 19.8 Å². The number of amides is 1. The standard InChI is InChI=1S/C10H23NO10P2/c1-20-7-8-21-6-3-9(12)11-5-2-4-10(13,22(14,15)16)23(17,18)19/h13H,2-8H2,1H3,(H,11,12)(H2,14,15,16)(H2,17,18,19). The molecule has 23 heavy (non-hydrogen) atoms. The van der Waals surface area contributed by atoms with Crippen LogP contribution in [0, 0.1) is 0 Å². The number of ether oxygens (including phenoxy) is 2. The van der Waals surface area contributed by atoms with Gasteiger partial charge in [-0.05, 0) is 6.42 Å². The summed E-state index contributed by atoms with van der Waals surface area (Å²) >= 11 is 0. The van der Waals surface area contributed by atoms with Gasteiger partial charge in [-0.25, -0.2) is 0 Å². The van der Waals surface area contributed by atoms with E-state index in [4.69, 9.17) is 29.0 Å². The summed E-state index contributed by atoms with van der Waals surface area (Å²) in [6, 6.07) is 0. The lowest BCUT2D eigenvalue weighted by molar-refractivity contribution is -0.122. The maximum absolute atomic E-state index is 11.4. The van der Waals surface area contributed by atoms with Crippen molar-refractivity contribution in [3.05, 3.63) is 0 Å². The molecule has 0 bridgehead atoms. The molecule has 1 amide bonds. The normalized spacial score (nSPS) is 13.1. The van der Waals surface area contributed by atoms with E-state index in [2.05, 4.69) is 5.32 Å². The third-order valence-electron chi connectivity index (χ3n) is 2.85. The Bertz CT molecular complexity index is 437. The Kier molecular flexibility index (Phi) is 9.68. The Morgan fingerprint density at radius 2 is 1.65 bits per heavy atom. The van der Waals surface area contributed by atoms with Gasteiger partial charge in [-0.3, -0.25) is 13.9 Å². The zero-order valence-corrected chi connectivity index (χ0v) is 14.4. The van der Waals surface area contributed by atoms with Crippen LogP contribution in [-0.4, -0.2) is 69.1 Å². The molecule has 6 N–H and O–H groups in total. The Morgan fingerprint density at radius 3 is 2.13 bits per heavy atom. The molecule has 0 aromatic carbocycles. The van der Waals surface area contributed by atoms with Gasteiger partial charge in [0.2, 0.25) is 5.91 Å². The van der Waals surface area contributed by atoms with Crippen LogP contribution in [0.15, 0.2) is 0 Å². The molecule has 0 radical (unpaired) electrons. The van der Waals surface area contributed by atoms with E-state index in [0.717, 1.165) is 0 Å². The predicted molar refractivity (Wildman–Crippen MR) is 78.6 cm³/mol. The van der Waals surface area contributed by atoms with Crippen LogP contribution in [0.3, 0.4) is 0 Å². The van der Waals surface area contributed by atoms with Crippen LogP contribution in [-0.2, 0) is 23.4 Å². The fraction of sp³-hybridized carbons (Fsp3) is 0.900. The van der Waals surface area contributed by atoms with Crippen molar-refractivity contribution >= 4 is 21.1 Å². The second-order valence-electron chi connectivity index (χ2n) is 4.67. The van der Waals surface area contributed by atoms with Gasteiger partial charge >= 0.3 is 15.2 Å². The summed E-state index contributed by atoms with van der Waals surface area (Å²) in [5.74, 6) is -0.404. The molecule has 0 saturated carbocycles. The molecule has 0 aliphatic rings. The van der Waals surface area contributed by atoms with Crippen molar-refractivity contribution in [3.63, 3.8) is 0 Å². The van der Waals surface area contributed by atoms with E-state index in [9.17, 15) is 19.0 Å². The quantitative estimate of drug-likeness (QED) is 0.180. The molecule has 0 heterocycles. The van der Waals surface area contributed by atoms with E-state index < -0.39 is 32.6 Å². The fourth-order valence-electron chi connectivity index (χ4n) is 1.51. The summed E-state index contributed by atoms with van der Waals surface area (Å²) in [5.41, 5.74) is 0. The SMILES string of the molecule is COCCOCCC(=O)NCCCC(O)(P(=O)(O)O)P(=O)(O)O. The molecular formula is C10H23NO10P2. The Labute approximate surface area is 133 Å². The van der Waals surface area contributed by atoms with Crippen molar-refractivity contribution in [2.24, 2.45) is 0 Å². The molecular weight excluding hydrogens is 356 g/mol. The van der Waals surface area contributed by atoms with Gasteiger partial charge in [0.1, 0.15) is 0 Å². The number of hydrogen-bond acceptors (Lipinski definition) is 6. The average molecular weight is 379 g/mol. The molecule has 0 unspecified atom stereocenters. The molecule has 0 saturated heterocycles. The summed E-state index contributed by atoms with van der Waals surface area (Å²) in [4.78, 5) is 47.1. The van der Waals surface area contributed by atoms with E-state index in [-0.39, 0.29) is 26.0 Å². The van der Waals surface area contributed by atoms with Gasteiger partial charge < -0.3 is 39.5 Å². The lowest BCUT2D eigenvalue weighted by Gasteiger charge is -2.29. The number of rotatable bonds is 12. The summed E-state index contributed by atoms with van der Waals surface area (Å²) in [6.07, 6.45) is -1.06. The van der Waals surface area contributed by atoms with Crippen molar-refractivity contribution in [1.82, 2.24) is 5.32 Å². The highest BCUT2D eigenvalue weighted by atomic mass is 31.2. The van der Waals surface area contributed by atoms with E-state index in [1.54, 1.807) is 0 Å². The van der Waals surface area contributed by atoms with Gasteiger partial charge in [-0.15, -0.1) is 0 Å². The number of carbonyl (C=O) groups excluding carboxylic acids is 1. The number of carbonyl (C=O) groups is 1.